The molecule has 0 aromatic heterocycles. The van der Waals surface area contributed by atoms with Crippen LogP contribution in [-0.4, -0.2) is 11.7 Å². The lowest BCUT2D eigenvalue weighted by Crippen LogP contribution is -2.47. The minimum Gasteiger partial charge on any atom is -0.381 e. The molecule has 1 fully saturated rings. The van der Waals surface area contributed by atoms with Gasteiger partial charge in [0.2, 0.25) is 0 Å². The number of nitrogens with two attached hydrogens (primary N) is 1. The van der Waals surface area contributed by atoms with Crippen molar-refractivity contribution in [1.29, 1.82) is 0 Å². The van der Waals surface area contributed by atoms with Crippen LogP contribution in [0, 0.1) is 0 Å². The Morgan fingerprint density at radius 3 is 2.52 bits per heavy atom. The van der Waals surface area contributed by atoms with E-state index in [9.17, 15) is 0 Å². The van der Waals surface area contributed by atoms with Crippen LogP contribution in [0.25, 0.3) is 0 Å². The standard InChI is InChI=1S/C14H9BrClN3O2/c15-8-1-6-12-11(7-8)18-13(17)14(20-21-14)19(12)10-4-2-9(16)3-5-10/h1-7H,(H2,17,18). The summed E-state index contributed by atoms with van der Waals surface area (Å²) in [4.78, 5) is 16.5. The molecule has 106 valence electrons. The van der Waals surface area contributed by atoms with Crippen LogP contribution in [0.1, 0.15) is 0 Å². The number of amidine groups is 1. The first-order valence-corrected chi connectivity index (χ1v) is 7.34. The molecule has 5 nitrogen and oxygen atoms in total. The van der Waals surface area contributed by atoms with E-state index in [1.54, 1.807) is 12.1 Å². The number of halogens is 2. The average Bonchev–Trinajstić information content (AvgIpc) is 3.24. The summed E-state index contributed by atoms with van der Waals surface area (Å²) in [6.07, 6.45) is 0. The van der Waals surface area contributed by atoms with Crippen LogP contribution in [0.15, 0.2) is 51.9 Å². The highest BCUT2D eigenvalue weighted by atomic mass is 79.9. The molecule has 0 amide bonds. The van der Waals surface area contributed by atoms with Gasteiger partial charge in [-0.15, -0.1) is 0 Å². The summed E-state index contributed by atoms with van der Waals surface area (Å²) in [5.74, 6) is -0.905. The zero-order valence-electron chi connectivity index (χ0n) is 10.6. The van der Waals surface area contributed by atoms with Crippen molar-refractivity contribution in [3.63, 3.8) is 0 Å². The maximum atomic E-state index is 6.01. The Hall–Kier alpha value is -1.60. The molecule has 0 radical (unpaired) electrons. The van der Waals surface area contributed by atoms with Crippen LogP contribution in [0.3, 0.4) is 0 Å². The number of rotatable bonds is 1. The molecule has 2 aromatic carbocycles. The molecule has 7 heteroatoms. The maximum absolute atomic E-state index is 6.01. The van der Waals surface area contributed by atoms with Crippen LogP contribution < -0.4 is 10.6 Å². The van der Waals surface area contributed by atoms with Gasteiger partial charge in [0.15, 0.2) is 5.84 Å². The van der Waals surface area contributed by atoms with E-state index in [1.807, 2.05) is 35.2 Å². The molecule has 2 aliphatic heterocycles. The summed E-state index contributed by atoms with van der Waals surface area (Å²) in [5.41, 5.74) is 8.44. The Kier molecular flexibility index (Phi) is 2.77. The lowest BCUT2D eigenvalue weighted by atomic mass is 10.1. The number of benzene rings is 2. The highest BCUT2D eigenvalue weighted by molar-refractivity contribution is 9.10. The van der Waals surface area contributed by atoms with Gasteiger partial charge in [-0.25, -0.2) is 4.99 Å². The van der Waals surface area contributed by atoms with Crippen LogP contribution in [0.5, 0.6) is 0 Å². The quantitative estimate of drug-likeness (QED) is 0.615. The van der Waals surface area contributed by atoms with E-state index in [-0.39, 0.29) is 5.84 Å². The third kappa shape index (κ3) is 1.95. The van der Waals surface area contributed by atoms with E-state index >= 15 is 0 Å². The van der Waals surface area contributed by atoms with E-state index in [1.165, 1.54) is 0 Å². The first-order valence-electron chi connectivity index (χ1n) is 6.17. The summed E-state index contributed by atoms with van der Waals surface area (Å²) in [6, 6.07) is 13.1. The van der Waals surface area contributed by atoms with E-state index in [2.05, 4.69) is 20.9 Å². The third-order valence-corrected chi connectivity index (χ3v) is 4.11. The Labute approximate surface area is 134 Å². The predicted octanol–water partition coefficient (Wildman–Crippen LogP) is 3.86. The van der Waals surface area contributed by atoms with Crippen LogP contribution >= 0.6 is 27.5 Å². The van der Waals surface area contributed by atoms with Gasteiger partial charge in [0.05, 0.1) is 11.4 Å². The van der Waals surface area contributed by atoms with Gasteiger partial charge in [0.1, 0.15) is 0 Å². The molecule has 4 rings (SSSR count). The van der Waals surface area contributed by atoms with E-state index in [0.717, 1.165) is 21.5 Å². The zero-order valence-corrected chi connectivity index (χ0v) is 12.9. The minimum absolute atomic E-state index is 0.253. The summed E-state index contributed by atoms with van der Waals surface area (Å²) >= 11 is 9.38. The average molecular weight is 367 g/mol. The van der Waals surface area contributed by atoms with Crippen LogP contribution in [-0.2, 0) is 9.78 Å². The number of hydrogen-bond donors (Lipinski definition) is 1. The lowest BCUT2D eigenvalue weighted by Gasteiger charge is -2.31. The van der Waals surface area contributed by atoms with E-state index < -0.39 is 5.91 Å². The monoisotopic (exact) mass is 365 g/mol. The number of hydrogen-bond acceptors (Lipinski definition) is 5. The fourth-order valence-corrected chi connectivity index (χ4v) is 2.82. The number of anilines is 2. The van der Waals surface area contributed by atoms with Gasteiger partial charge in [-0.1, -0.05) is 27.5 Å². The van der Waals surface area contributed by atoms with Gasteiger partial charge in [-0.2, -0.15) is 9.78 Å². The largest absolute Gasteiger partial charge is 0.381 e. The van der Waals surface area contributed by atoms with Gasteiger partial charge in [-0.05, 0) is 42.5 Å². The molecule has 0 unspecified atom stereocenters. The Morgan fingerprint density at radius 2 is 1.86 bits per heavy atom. The molecule has 2 N–H and O–H groups in total. The highest BCUT2D eigenvalue weighted by Gasteiger charge is 2.62. The van der Waals surface area contributed by atoms with Crippen LogP contribution in [0.2, 0.25) is 5.02 Å². The molecule has 2 heterocycles. The second kappa shape index (κ2) is 4.45. The smallest absolute Gasteiger partial charge is 0.373 e. The molecule has 21 heavy (non-hydrogen) atoms. The minimum atomic E-state index is -1.16. The van der Waals surface area contributed by atoms with E-state index in [4.69, 9.17) is 27.1 Å². The van der Waals surface area contributed by atoms with Gasteiger partial charge in [-0.3, -0.25) is 4.90 Å². The Balaban J connectivity index is 1.92. The van der Waals surface area contributed by atoms with Crippen molar-refractivity contribution in [3.8, 4) is 0 Å². The Morgan fingerprint density at radius 1 is 1.14 bits per heavy atom. The molecule has 0 bridgehead atoms. The third-order valence-electron chi connectivity index (χ3n) is 3.36. The first kappa shape index (κ1) is 13.1. The van der Waals surface area contributed by atoms with Crippen molar-refractivity contribution in [2.24, 2.45) is 10.7 Å². The lowest BCUT2D eigenvalue weighted by molar-refractivity contribution is 0.0850. The molecule has 2 aliphatic rings. The van der Waals surface area contributed by atoms with Crippen molar-refractivity contribution >= 4 is 50.4 Å². The van der Waals surface area contributed by atoms with Crippen molar-refractivity contribution in [2.45, 2.75) is 5.91 Å². The number of fused-ring (bicyclic) bond motifs is 1. The van der Waals surface area contributed by atoms with E-state index in [0.29, 0.717) is 5.02 Å². The van der Waals surface area contributed by atoms with Crippen molar-refractivity contribution in [3.05, 3.63) is 52.0 Å². The summed E-state index contributed by atoms with van der Waals surface area (Å²) in [5, 5.41) is 0.653. The molecule has 1 saturated heterocycles. The Bertz CT molecular complexity index is 759. The van der Waals surface area contributed by atoms with Gasteiger partial charge < -0.3 is 5.73 Å². The topological polar surface area (TPSA) is 66.7 Å². The zero-order chi connectivity index (χ0) is 14.6. The van der Waals surface area contributed by atoms with Gasteiger partial charge in [0.25, 0.3) is 0 Å². The summed E-state index contributed by atoms with van der Waals surface area (Å²) in [7, 11) is 0. The maximum Gasteiger partial charge on any atom is 0.373 e. The fourth-order valence-electron chi connectivity index (χ4n) is 2.35. The van der Waals surface area contributed by atoms with Gasteiger partial charge in [0, 0.05) is 15.2 Å². The number of aliphatic imine (C=N–C) groups is 1. The van der Waals surface area contributed by atoms with Crippen molar-refractivity contribution in [1.82, 2.24) is 0 Å². The second-order valence-electron chi connectivity index (χ2n) is 4.69. The molecule has 1 spiro atoms. The first-order chi connectivity index (χ1) is 10.1. The fraction of sp³-hybridized carbons (Fsp3) is 0.0714. The molecule has 0 atom stereocenters. The summed E-state index contributed by atoms with van der Waals surface area (Å²) in [6.45, 7) is 0. The highest BCUT2D eigenvalue weighted by Crippen LogP contribution is 2.50. The molecular formula is C14H9BrClN3O2. The second-order valence-corrected chi connectivity index (χ2v) is 6.04. The predicted molar refractivity (Wildman–Crippen MR) is 83.9 cm³/mol. The molecule has 2 aromatic rings. The van der Waals surface area contributed by atoms with Crippen LogP contribution in [0.4, 0.5) is 17.1 Å². The molecule has 0 aliphatic carbocycles. The van der Waals surface area contributed by atoms with Crippen molar-refractivity contribution in [2.75, 3.05) is 4.90 Å². The van der Waals surface area contributed by atoms with Gasteiger partial charge >= 0.3 is 5.91 Å². The SMILES string of the molecule is NC1=Nc2cc(Br)ccc2N(c2ccc(Cl)cc2)C12OO2. The number of nitrogens with zero attached hydrogens (tertiary/aromatic N) is 2. The van der Waals surface area contributed by atoms with Crippen molar-refractivity contribution < 1.29 is 9.78 Å². The normalized spacial score (nSPS) is 18.4. The molecular weight excluding hydrogens is 358 g/mol. The summed E-state index contributed by atoms with van der Waals surface area (Å²) < 4.78 is 0.919. The molecule has 0 saturated carbocycles.